The summed E-state index contributed by atoms with van der Waals surface area (Å²) in [6.45, 7) is 2.24. The summed E-state index contributed by atoms with van der Waals surface area (Å²) in [6, 6.07) is 4.89. The third kappa shape index (κ3) is 1.76. The molecule has 84 valence electrons. The van der Waals surface area contributed by atoms with Crippen molar-refractivity contribution in [3.05, 3.63) is 29.1 Å². The number of piperidine rings is 1. The van der Waals surface area contributed by atoms with Crippen molar-refractivity contribution >= 4 is 26.8 Å². The van der Waals surface area contributed by atoms with E-state index in [-0.39, 0.29) is 0 Å². The van der Waals surface area contributed by atoms with Crippen LogP contribution in [0.2, 0.25) is 0 Å². The second-order valence-corrected chi connectivity index (χ2v) is 5.08. The zero-order valence-electron chi connectivity index (χ0n) is 8.99. The molecule has 0 aromatic carbocycles. The Bertz CT molecular complexity index is 500. The number of pyridine rings is 1. The Morgan fingerprint density at radius 2 is 2.19 bits per heavy atom. The van der Waals surface area contributed by atoms with Crippen LogP contribution in [0, 0.1) is 0 Å². The van der Waals surface area contributed by atoms with Crippen molar-refractivity contribution in [2.24, 2.45) is 0 Å². The van der Waals surface area contributed by atoms with Crippen molar-refractivity contribution in [2.45, 2.75) is 18.9 Å². The minimum absolute atomic E-state index is 0.632. The van der Waals surface area contributed by atoms with E-state index in [1.807, 2.05) is 6.20 Å². The van der Waals surface area contributed by atoms with Gasteiger partial charge in [-0.15, -0.1) is 0 Å². The van der Waals surface area contributed by atoms with E-state index < -0.39 is 0 Å². The molecule has 3 heterocycles. The molecule has 2 aromatic heterocycles. The highest BCUT2D eigenvalue weighted by molar-refractivity contribution is 9.10. The van der Waals surface area contributed by atoms with Gasteiger partial charge in [0, 0.05) is 23.8 Å². The summed E-state index contributed by atoms with van der Waals surface area (Å²) >= 11 is 3.44. The average molecular weight is 280 g/mol. The maximum Gasteiger partial charge on any atom is 0.108 e. The van der Waals surface area contributed by atoms with Gasteiger partial charge >= 0.3 is 0 Å². The lowest BCUT2D eigenvalue weighted by molar-refractivity contribution is 0.376. The van der Waals surface area contributed by atoms with Gasteiger partial charge < -0.3 is 9.88 Å². The second kappa shape index (κ2) is 4.18. The topological polar surface area (TPSA) is 29.9 Å². The molecule has 0 atom stereocenters. The van der Waals surface area contributed by atoms with Gasteiger partial charge in [-0.05, 0) is 54.0 Å². The number of halogens is 1. The molecule has 1 fully saturated rings. The molecule has 4 heteroatoms. The first-order valence-electron chi connectivity index (χ1n) is 5.67. The van der Waals surface area contributed by atoms with Crippen molar-refractivity contribution in [1.29, 1.82) is 0 Å². The molecule has 1 N–H and O–H groups in total. The molecule has 3 nitrogen and oxygen atoms in total. The van der Waals surface area contributed by atoms with E-state index in [9.17, 15) is 0 Å². The van der Waals surface area contributed by atoms with Crippen LogP contribution in [-0.4, -0.2) is 22.6 Å². The van der Waals surface area contributed by atoms with Crippen molar-refractivity contribution in [1.82, 2.24) is 14.9 Å². The van der Waals surface area contributed by atoms with Gasteiger partial charge in [-0.2, -0.15) is 0 Å². The Morgan fingerprint density at radius 3 is 3.00 bits per heavy atom. The van der Waals surface area contributed by atoms with Crippen molar-refractivity contribution in [3.8, 4) is 0 Å². The third-order valence-corrected chi connectivity index (χ3v) is 3.71. The number of fused-ring (bicyclic) bond motifs is 1. The summed E-state index contributed by atoms with van der Waals surface area (Å²) in [4.78, 5) is 4.26. The van der Waals surface area contributed by atoms with Gasteiger partial charge in [0.25, 0.3) is 0 Å². The van der Waals surface area contributed by atoms with Crippen LogP contribution in [0.4, 0.5) is 0 Å². The predicted molar refractivity (Wildman–Crippen MR) is 68.6 cm³/mol. The zero-order valence-corrected chi connectivity index (χ0v) is 10.6. The summed E-state index contributed by atoms with van der Waals surface area (Å²) in [5.41, 5.74) is 1.29. The lowest BCUT2D eigenvalue weighted by Crippen LogP contribution is -2.29. The number of aromatic nitrogens is 2. The highest BCUT2D eigenvalue weighted by Crippen LogP contribution is 2.26. The number of nitrogens with zero attached hydrogens (tertiary/aromatic N) is 2. The largest absolute Gasteiger partial charge is 0.344 e. The molecular formula is C12H14BrN3. The fourth-order valence-electron chi connectivity index (χ4n) is 2.43. The third-order valence-electron chi connectivity index (χ3n) is 3.27. The SMILES string of the molecule is Brc1cc2c(ccn2C2CCNCC2)cn1. The Kier molecular flexibility index (Phi) is 2.69. The fraction of sp³-hybridized carbons (Fsp3) is 0.417. The molecule has 1 aliphatic rings. The standard InChI is InChI=1S/C12H14BrN3/c13-12-7-11-9(8-15-12)3-6-16(11)10-1-4-14-5-2-10/h3,6-8,10,14H,1-2,4-5H2. The van der Waals surface area contributed by atoms with Gasteiger partial charge in [0.15, 0.2) is 0 Å². The summed E-state index contributed by atoms with van der Waals surface area (Å²) in [5.74, 6) is 0. The average Bonchev–Trinajstić information content (AvgIpc) is 2.73. The van der Waals surface area contributed by atoms with Crippen LogP contribution in [0.25, 0.3) is 10.9 Å². The van der Waals surface area contributed by atoms with Gasteiger partial charge in [-0.1, -0.05) is 0 Å². The summed E-state index contributed by atoms with van der Waals surface area (Å²) in [7, 11) is 0. The number of nitrogens with one attached hydrogen (secondary N) is 1. The molecule has 0 spiro atoms. The maximum absolute atomic E-state index is 4.26. The molecule has 0 unspecified atom stereocenters. The normalized spacial score (nSPS) is 18.1. The second-order valence-electron chi connectivity index (χ2n) is 4.27. The van der Waals surface area contributed by atoms with Gasteiger partial charge in [0.2, 0.25) is 0 Å². The van der Waals surface area contributed by atoms with E-state index in [1.54, 1.807) is 0 Å². The molecule has 0 saturated carbocycles. The first-order valence-corrected chi connectivity index (χ1v) is 6.47. The van der Waals surface area contributed by atoms with Crippen LogP contribution in [0.15, 0.2) is 29.1 Å². The molecule has 0 aliphatic carbocycles. The molecule has 0 radical (unpaired) electrons. The van der Waals surface area contributed by atoms with Gasteiger partial charge in [0.1, 0.15) is 4.60 Å². The number of hydrogen-bond acceptors (Lipinski definition) is 2. The molecule has 3 rings (SSSR count). The van der Waals surface area contributed by atoms with E-state index in [4.69, 9.17) is 0 Å². The highest BCUT2D eigenvalue weighted by Gasteiger charge is 2.16. The predicted octanol–water partition coefficient (Wildman–Crippen LogP) is 2.72. The zero-order chi connectivity index (χ0) is 11.0. The van der Waals surface area contributed by atoms with E-state index in [0.717, 1.165) is 17.7 Å². The van der Waals surface area contributed by atoms with Crippen LogP contribution in [0.1, 0.15) is 18.9 Å². The van der Waals surface area contributed by atoms with Crippen LogP contribution < -0.4 is 5.32 Å². The van der Waals surface area contributed by atoms with E-state index in [1.165, 1.54) is 23.7 Å². The van der Waals surface area contributed by atoms with Gasteiger partial charge in [-0.3, -0.25) is 0 Å². The molecule has 1 saturated heterocycles. The van der Waals surface area contributed by atoms with Gasteiger partial charge in [-0.25, -0.2) is 4.98 Å². The molecule has 0 bridgehead atoms. The van der Waals surface area contributed by atoms with Crippen LogP contribution in [0.5, 0.6) is 0 Å². The number of hydrogen-bond donors (Lipinski definition) is 1. The van der Waals surface area contributed by atoms with E-state index >= 15 is 0 Å². The van der Waals surface area contributed by atoms with Crippen LogP contribution in [0.3, 0.4) is 0 Å². The van der Waals surface area contributed by atoms with Gasteiger partial charge in [0.05, 0.1) is 5.52 Å². The Labute approximate surface area is 103 Å². The Hall–Kier alpha value is -0.870. The summed E-state index contributed by atoms with van der Waals surface area (Å²) in [6.07, 6.45) is 6.54. The highest BCUT2D eigenvalue weighted by atomic mass is 79.9. The molecular weight excluding hydrogens is 266 g/mol. The monoisotopic (exact) mass is 279 g/mol. The Balaban J connectivity index is 2.05. The van der Waals surface area contributed by atoms with E-state index in [2.05, 4.69) is 49.1 Å². The van der Waals surface area contributed by atoms with Crippen molar-refractivity contribution in [3.63, 3.8) is 0 Å². The van der Waals surface area contributed by atoms with Crippen LogP contribution >= 0.6 is 15.9 Å². The summed E-state index contributed by atoms with van der Waals surface area (Å²) in [5, 5.41) is 4.62. The first-order chi connectivity index (χ1) is 7.84. The smallest absolute Gasteiger partial charge is 0.108 e. The lowest BCUT2D eigenvalue weighted by atomic mass is 10.1. The van der Waals surface area contributed by atoms with Crippen molar-refractivity contribution < 1.29 is 0 Å². The fourth-order valence-corrected chi connectivity index (χ4v) is 2.75. The summed E-state index contributed by atoms with van der Waals surface area (Å²) < 4.78 is 3.30. The minimum atomic E-state index is 0.632. The quantitative estimate of drug-likeness (QED) is 0.814. The first kappa shape index (κ1) is 10.3. The Morgan fingerprint density at radius 1 is 1.38 bits per heavy atom. The lowest BCUT2D eigenvalue weighted by Gasteiger charge is -2.25. The molecule has 0 amide bonds. The van der Waals surface area contributed by atoms with E-state index in [0.29, 0.717) is 6.04 Å². The molecule has 16 heavy (non-hydrogen) atoms. The maximum atomic E-state index is 4.26. The number of rotatable bonds is 1. The van der Waals surface area contributed by atoms with Crippen molar-refractivity contribution in [2.75, 3.05) is 13.1 Å². The van der Waals surface area contributed by atoms with Crippen LogP contribution in [-0.2, 0) is 0 Å². The molecule has 1 aliphatic heterocycles. The minimum Gasteiger partial charge on any atom is -0.344 e. The molecule has 2 aromatic rings.